The Morgan fingerprint density at radius 3 is 2.46 bits per heavy atom. The van der Waals surface area contributed by atoms with Gasteiger partial charge in [0.15, 0.2) is 11.5 Å². The van der Waals surface area contributed by atoms with Crippen LogP contribution in [-0.2, 0) is 18.4 Å². The summed E-state index contributed by atoms with van der Waals surface area (Å²) < 4.78 is 7.10. The van der Waals surface area contributed by atoms with Gasteiger partial charge < -0.3 is 14.5 Å². The van der Waals surface area contributed by atoms with E-state index in [1.165, 1.54) is 39.0 Å². The molecule has 0 amide bonds. The number of piperazine rings is 1. The third kappa shape index (κ3) is 3.86. The Hall–Kier alpha value is -1.77. The molecule has 0 bridgehead atoms. The van der Waals surface area contributed by atoms with E-state index in [9.17, 15) is 0 Å². The molecule has 0 aliphatic carbocycles. The molecule has 28 heavy (non-hydrogen) atoms. The molecule has 1 atom stereocenters. The molecular weight excluding hydrogens is 354 g/mol. The maximum Gasteiger partial charge on any atom is 0.163 e. The van der Waals surface area contributed by atoms with Gasteiger partial charge in [0.05, 0.1) is 11.6 Å². The highest BCUT2D eigenvalue weighted by Crippen LogP contribution is 2.30. The molecule has 0 unspecified atom stereocenters. The number of hydrogen-bond acceptors (Lipinski definition) is 7. The van der Waals surface area contributed by atoms with Crippen molar-refractivity contribution in [2.75, 3.05) is 58.3 Å². The molecule has 154 valence electrons. The van der Waals surface area contributed by atoms with E-state index in [4.69, 9.17) is 9.72 Å². The van der Waals surface area contributed by atoms with Crippen LogP contribution in [-0.4, -0.2) is 89.0 Å². The van der Waals surface area contributed by atoms with Crippen LogP contribution in [0.25, 0.3) is 11.0 Å². The van der Waals surface area contributed by atoms with Crippen molar-refractivity contribution in [3.8, 4) is 0 Å². The maximum absolute atomic E-state index is 5.28. The zero-order valence-corrected chi connectivity index (χ0v) is 17.6. The largest absolute Gasteiger partial charge is 0.377 e. The molecule has 2 aromatic rings. The van der Waals surface area contributed by atoms with Crippen LogP contribution in [0.15, 0.2) is 6.20 Å². The van der Waals surface area contributed by atoms with E-state index in [1.54, 1.807) is 7.11 Å². The van der Waals surface area contributed by atoms with Gasteiger partial charge in [0.25, 0.3) is 0 Å². The highest BCUT2D eigenvalue weighted by molar-refractivity contribution is 5.87. The maximum atomic E-state index is 5.28. The standard InChI is InChI=1S/C20H33N7O/c1-15(26-11-9-24(2)10-12-26)16-5-7-27(8-6-16)20-17-13-21-25(3)19(17)22-18(23-20)14-28-4/h13,15-16H,5-12,14H2,1-4H3/t15-/m1/s1. The molecule has 0 saturated carbocycles. The van der Waals surface area contributed by atoms with Crippen LogP contribution in [0.3, 0.4) is 0 Å². The fraction of sp³-hybridized carbons (Fsp3) is 0.750. The predicted molar refractivity (Wildman–Crippen MR) is 110 cm³/mol. The lowest BCUT2D eigenvalue weighted by molar-refractivity contribution is 0.0813. The fourth-order valence-corrected chi connectivity index (χ4v) is 4.61. The van der Waals surface area contributed by atoms with Crippen molar-refractivity contribution in [2.45, 2.75) is 32.4 Å². The molecule has 0 spiro atoms. The lowest BCUT2D eigenvalue weighted by Crippen LogP contribution is -2.51. The summed E-state index contributed by atoms with van der Waals surface area (Å²) in [6.45, 7) is 9.68. The van der Waals surface area contributed by atoms with Crippen LogP contribution in [0.5, 0.6) is 0 Å². The molecule has 2 fully saturated rings. The Morgan fingerprint density at radius 1 is 1.07 bits per heavy atom. The van der Waals surface area contributed by atoms with Crippen LogP contribution in [0.1, 0.15) is 25.6 Å². The topological polar surface area (TPSA) is 62.6 Å². The minimum atomic E-state index is 0.422. The first kappa shape index (κ1) is 19.5. The van der Waals surface area contributed by atoms with Crippen molar-refractivity contribution in [1.29, 1.82) is 0 Å². The van der Waals surface area contributed by atoms with Crippen molar-refractivity contribution in [2.24, 2.45) is 13.0 Å². The normalized spacial score (nSPS) is 21.5. The van der Waals surface area contributed by atoms with Crippen LogP contribution in [0.4, 0.5) is 5.82 Å². The van der Waals surface area contributed by atoms with Crippen LogP contribution < -0.4 is 4.90 Å². The Labute approximate surface area is 167 Å². The van der Waals surface area contributed by atoms with Crippen molar-refractivity contribution in [3.63, 3.8) is 0 Å². The van der Waals surface area contributed by atoms with Gasteiger partial charge in [0.2, 0.25) is 0 Å². The molecule has 2 aliphatic rings. The van der Waals surface area contributed by atoms with E-state index >= 15 is 0 Å². The molecular formula is C20H33N7O. The summed E-state index contributed by atoms with van der Waals surface area (Å²) in [5, 5.41) is 5.43. The first-order valence-electron chi connectivity index (χ1n) is 10.4. The average molecular weight is 388 g/mol. The molecule has 0 aromatic carbocycles. The van der Waals surface area contributed by atoms with Gasteiger partial charge in [0.1, 0.15) is 12.4 Å². The van der Waals surface area contributed by atoms with Gasteiger partial charge in [-0.15, -0.1) is 0 Å². The van der Waals surface area contributed by atoms with Gasteiger partial charge in [-0.3, -0.25) is 9.58 Å². The van der Waals surface area contributed by atoms with Crippen LogP contribution in [0, 0.1) is 5.92 Å². The number of anilines is 1. The van der Waals surface area contributed by atoms with E-state index in [0.717, 1.165) is 41.7 Å². The summed E-state index contributed by atoms with van der Waals surface area (Å²) in [5.74, 6) is 2.49. The lowest BCUT2D eigenvalue weighted by Gasteiger charge is -2.43. The van der Waals surface area contributed by atoms with Gasteiger partial charge in [-0.25, -0.2) is 9.97 Å². The second kappa shape index (κ2) is 8.31. The number of hydrogen-bond donors (Lipinski definition) is 0. The van der Waals surface area contributed by atoms with E-state index < -0.39 is 0 Å². The third-order valence-corrected chi connectivity index (χ3v) is 6.53. The summed E-state index contributed by atoms with van der Waals surface area (Å²) in [4.78, 5) is 17.0. The molecule has 4 heterocycles. The van der Waals surface area contributed by atoms with E-state index in [0.29, 0.717) is 12.6 Å². The first-order chi connectivity index (χ1) is 13.6. The third-order valence-electron chi connectivity index (χ3n) is 6.53. The first-order valence-corrected chi connectivity index (χ1v) is 10.4. The number of rotatable bonds is 5. The zero-order chi connectivity index (χ0) is 19.7. The smallest absolute Gasteiger partial charge is 0.163 e. The molecule has 2 aliphatic heterocycles. The summed E-state index contributed by atoms with van der Waals surface area (Å²) in [6.07, 6.45) is 4.30. The fourth-order valence-electron chi connectivity index (χ4n) is 4.61. The van der Waals surface area contributed by atoms with Gasteiger partial charge in [0, 0.05) is 59.5 Å². The number of ether oxygens (including phenoxy) is 1. The summed E-state index contributed by atoms with van der Waals surface area (Å²) in [5.41, 5.74) is 0.880. The van der Waals surface area contributed by atoms with Crippen molar-refractivity contribution >= 4 is 16.9 Å². The van der Waals surface area contributed by atoms with Crippen molar-refractivity contribution in [3.05, 3.63) is 12.0 Å². The Kier molecular flexibility index (Phi) is 5.80. The minimum absolute atomic E-state index is 0.422. The molecule has 0 N–H and O–H groups in total. The number of likely N-dealkylation sites (N-methyl/N-ethyl adjacent to an activating group) is 1. The molecule has 4 rings (SSSR count). The number of nitrogens with zero attached hydrogens (tertiary/aromatic N) is 7. The molecule has 2 saturated heterocycles. The number of methoxy groups -OCH3 is 1. The monoisotopic (exact) mass is 387 g/mol. The SMILES string of the molecule is COCc1nc(N2CCC([C@@H](C)N3CCN(C)CC3)CC2)c2cnn(C)c2n1. The summed E-state index contributed by atoms with van der Waals surface area (Å²) in [7, 11) is 5.83. The molecule has 8 heteroatoms. The van der Waals surface area contributed by atoms with Crippen LogP contribution >= 0.6 is 0 Å². The Balaban J connectivity index is 1.46. The number of aromatic nitrogens is 4. The molecule has 2 aromatic heterocycles. The van der Waals surface area contributed by atoms with Gasteiger partial charge in [-0.2, -0.15) is 5.10 Å². The number of aryl methyl sites for hydroxylation is 1. The van der Waals surface area contributed by atoms with E-state index in [-0.39, 0.29) is 0 Å². The number of fused-ring (bicyclic) bond motifs is 1. The second-order valence-electron chi connectivity index (χ2n) is 8.31. The molecule has 0 radical (unpaired) electrons. The van der Waals surface area contributed by atoms with Crippen molar-refractivity contribution < 1.29 is 4.74 Å². The Morgan fingerprint density at radius 2 is 1.79 bits per heavy atom. The number of piperidine rings is 1. The van der Waals surface area contributed by atoms with Gasteiger partial charge >= 0.3 is 0 Å². The quantitative estimate of drug-likeness (QED) is 0.768. The zero-order valence-electron chi connectivity index (χ0n) is 17.6. The average Bonchev–Trinajstić information content (AvgIpc) is 3.09. The van der Waals surface area contributed by atoms with Gasteiger partial charge in [-0.05, 0) is 32.7 Å². The second-order valence-corrected chi connectivity index (χ2v) is 8.31. The summed E-state index contributed by atoms with van der Waals surface area (Å²) in [6, 6.07) is 0.656. The van der Waals surface area contributed by atoms with E-state index in [2.05, 4.69) is 38.8 Å². The van der Waals surface area contributed by atoms with Gasteiger partial charge in [-0.1, -0.05) is 0 Å². The summed E-state index contributed by atoms with van der Waals surface area (Å²) >= 11 is 0. The van der Waals surface area contributed by atoms with Crippen molar-refractivity contribution in [1.82, 2.24) is 29.5 Å². The minimum Gasteiger partial charge on any atom is -0.377 e. The van der Waals surface area contributed by atoms with Crippen LogP contribution in [0.2, 0.25) is 0 Å². The Bertz CT molecular complexity index is 791. The highest BCUT2D eigenvalue weighted by Gasteiger charge is 2.30. The van der Waals surface area contributed by atoms with E-state index in [1.807, 2.05) is 17.9 Å². The highest BCUT2D eigenvalue weighted by atomic mass is 16.5. The predicted octanol–water partition coefficient (Wildman–Crippen LogP) is 1.36. The molecule has 8 nitrogen and oxygen atoms in total. The lowest BCUT2D eigenvalue weighted by atomic mass is 9.89.